The highest BCUT2D eigenvalue weighted by atomic mass is 28.3. The highest BCUT2D eigenvalue weighted by molar-refractivity contribution is 6.82. The van der Waals surface area contributed by atoms with E-state index in [4.69, 9.17) is 0 Å². The molecule has 15 heteroatoms. The van der Waals surface area contributed by atoms with E-state index in [1.54, 1.807) is 41.5 Å². The van der Waals surface area contributed by atoms with Crippen molar-refractivity contribution in [3.05, 3.63) is 24.0 Å². The molecule has 0 amide bonds. The van der Waals surface area contributed by atoms with Gasteiger partial charge < -0.3 is 4.23 Å². The first kappa shape index (κ1) is 30.6. The van der Waals surface area contributed by atoms with Crippen LogP contribution in [0.2, 0.25) is 16.6 Å². The fourth-order valence-corrected chi connectivity index (χ4v) is 11.2. The lowest BCUT2D eigenvalue weighted by molar-refractivity contribution is -0.441. The molecule has 0 aliphatic carbocycles. The van der Waals surface area contributed by atoms with Gasteiger partial charge in [-0.15, -0.1) is 0 Å². The molecule has 1 aromatic rings. The van der Waals surface area contributed by atoms with E-state index in [1.165, 1.54) is 0 Å². The van der Waals surface area contributed by atoms with E-state index in [2.05, 4.69) is 0 Å². The van der Waals surface area contributed by atoms with Gasteiger partial charge in [0.05, 0.1) is 0 Å². The van der Waals surface area contributed by atoms with Crippen molar-refractivity contribution < 1.29 is 57.1 Å². The third-order valence-corrected chi connectivity index (χ3v) is 12.9. The van der Waals surface area contributed by atoms with Gasteiger partial charge in [-0.25, -0.2) is 0 Å². The molecule has 0 radical (unpaired) electrons. The van der Waals surface area contributed by atoms with Crippen LogP contribution in [-0.4, -0.2) is 42.3 Å². The second kappa shape index (κ2) is 8.61. The van der Waals surface area contributed by atoms with Crippen LogP contribution in [0.1, 0.15) is 47.1 Å². The molecule has 0 N–H and O–H groups in total. The Hall–Kier alpha value is -1.41. The number of rotatable bonds is 9. The van der Waals surface area contributed by atoms with Crippen molar-refractivity contribution in [1.29, 1.82) is 0 Å². The lowest BCUT2D eigenvalue weighted by Gasteiger charge is -2.44. The van der Waals surface area contributed by atoms with Gasteiger partial charge in [-0.2, -0.15) is 57.1 Å². The Morgan fingerprint density at radius 3 is 1.26 bits per heavy atom. The Balaban J connectivity index is 3.72. The minimum absolute atomic E-state index is 0.224. The highest BCUT2D eigenvalue weighted by Crippen LogP contribution is 2.62. The summed E-state index contributed by atoms with van der Waals surface area (Å²) in [6.45, 7) is 10.3. The van der Waals surface area contributed by atoms with E-state index in [0.29, 0.717) is 6.20 Å². The minimum atomic E-state index is -7.90. The van der Waals surface area contributed by atoms with Crippen molar-refractivity contribution in [3.63, 3.8) is 0 Å². The molecule has 0 saturated heterocycles. The number of hydrogen-bond acceptors (Lipinski definition) is 0. The largest absolute Gasteiger partial charge is 0.460 e. The minimum Gasteiger partial charge on any atom is -0.379 e. The zero-order valence-corrected chi connectivity index (χ0v) is 19.8. The molecular formula is C19H24F13NSi. The van der Waals surface area contributed by atoms with Crippen molar-refractivity contribution in [2.75, 3.05) is 0 Å². The van der Waals surface area contributed by atoms with E-state index >= 15 is 0 Å². The quantitative estimate of drug-likeness (QED) is 0.218. The molecule has 1 aromatic heterocycles. The molecule has 0 spiro atoms. The van der Waals surface area contributed by atoms with Crippen molar-refractivity contribution in [2.24, 2.45) is 0 Å². The van der Waals surface area contributed by atoms with Gasteiger partial charge in [0.2, 0.25) is 0 Å². The van der Waals surface area contributed by atoms with Gasteiger partial charge in [-0.05, 0) is 28.9 Å². The lowest BCUT2D eigenvalue weighted by Crippen LogP contribution is -2.69. The number of alkyl halides is 13. The van der Waals surface area contributed by atoms with Crippen molar-refractivity contribution in [2.45, 2.75) is 94.0 Å². The van der Waals surface area contributed by atoms with Crippen LogP contribution >= 0.6 is 0 Å². The standard InChI is InChI=1S/C19H24F13NSi/c1-10(2)34(11(3)4,12(5)6)33-8-7-13(9-33)14(20,21)15(22,23)16(24,25)17(26,27)18(28,29)19(30,31)32/h7-12H,1-6H3. The molecule has 0 saturated carbocycles. The molecule has 0 aromatic carbocycles. The maximum Gasteiger partial charge on any atom is 0.460 e. The molecule has 1 heterocycles. The van der Waals surface area contributed by atoms with Gasteiger partial charge in [0.25, 0.3) is 0 Å². The Morgan fingerprint density at radius 2 is 0.941 bits per heavy atom. The van der Waals surface area contributed by atoms with Gasteiger partial charge in [-0.1, -0.05) is 41.5 Å². The summed E-state index contributed by atoms with van der Waals surface area (Å²) in [6.07, 6.45) is -6.21. The van der Waals surface area contributed by atoms with Crippen LogP contribution in [0.3, 0.4) is 0 Å². The number of nitrogens with zero attached hydrogens (tertiary/aromatic N) is 1. The van der Waals surface area contributed by atoms with Gasteiger partial charge in [0, 0.05) is 11.8 Å². The normalized spacial score (nSPS) is 15.7. The predicted octanol–water partition coefficient (Wildman–Crippen LogP) is 8.71. The summed E-state index contributed by atoms with van der Waals surface area (Å²) in [5, 5.41) is 0. The average molecular weight is 541 g/mol. The summed E-state index contributed by atoms with van der Waals surface area (Å²) in [5.74, 6) is -37.0. The summed E-state index contributed by atoms with van der Waals surface area (Å²) < 4.78 is 176. The molecule has 0 aliphatic heterocycles. The topological polar surface area (TPSA) is 4.93 Å². The fraction of sp³-hybridized carbons (Fsp3) is 0.789. The molecule has 1 rings (SSSR count). The molecule has 0 atom stereocenters. The van der Waals surface area contributed by atoms with Gasteiger partial charge in [0.15, 0.2) is 8.24 Å². The van der Waals surface area contributed by atoms with Crippen LogP contribution in [0.15, 0.2) is 18.5 Å². The Labute approximate surface area is 188 Å². The first-order valence-electron chi connectivity index (χ1n) is 9.94. The third-order valence-electron chi connectivity index (χ3n) is 6.21. The van der Waals surface area contributed by atoms with Crippen molar-refractivity contribution in [3.8, 4) is 0 Å². The van der Waals surface area contributed by atoms with Crippen LogP contribution in [0.25, 0.3) is 0 Å². The highest BCUT2D eigenvalue weighted by Gasteiger charge is 2.90. The Kier molecular flexibility index (Phi) is 7.75. The van der Waals surface area contributed by atoms with E-state index in [-0.39, 0.29) is 22.7 Å². The van der Waals surface area contributed by atoms with Crippen molar-refractivity contribution in [1.82, 2.24) is 4.23 Å². The second-order valence-electron chi connectivity index (χ2n) is 9.03. The molecule has 0 unspecified atom stereocenters. The molecule has 0 aliphatic rings. The molecule has 1 nitrogen and oxygen atoms in total. The maximum absolute atomic E-state index is 14.6. The van der Waals surface area contributed by atoms with Gasteiger partial charge in [-0.3, -0.25) is 0 Å². The average Bonchev–Trinajstić information content (AvgIpc) is 3.10. The van der Waals surface area contributed by atoms with Gasteiger partial charge >= 0.3 is 35.8 Å². The summed E-state index contributed by atoms with van der Waals surface area (Å²) in [6, 6.07) is 0.235. The van der Waals surface area contributed by atoms with Gasteiger partial charge in [0.1, 0.15) is 0 Å². The molecule has 0 fully saturated rings. The first-order valence-corrected chi connectivity index (χ1v) is 12.1. The SMILES string of the molecule is CC(C)[Si](C(C)C)(C(C)C)n1ccc(C(F)(F)C(F)(F)C(F)(F)C(F)(F)C(F)(F)C(F)(F)F)c1. The number of halogens is 13. The maximum atomic E-state index is 14.6. The van der Waals surface area contributed by atoms with E-state index < -0.39 is 49.6 Å². The van der Waals surface area contributed by atoms with Crippen LogP contribution in [0, 0.1) is 0 Å². The van der Waals surface area contributed by atoms with Crippen LogP contribution < -0.4 is 0 Å². The number of hydrogen-bond donors (Lipinski definition) is 0. The summed E-state index contributed by atoms with van der Waals surface area (Å²) >= 11 is 0. The zero-order valence-electron chi connectivity index (χ0n) is 18.8. The van der Waals surface area contributed by atoms with E-state index in [9.17, 15) is 57.1 Å². The molecular weight excluding hydrogens is 517 g/mol. The fourth-order valence-electron chi connectivity index (χ4n) is 4.67. The monoisotopic (exact) mass is 541 g/mol. The van der Waals surface area contributed by atoms with E-state index in [0.717, 1.165) is 10.4 Å². The van der Waals surface area contributed by atoms with Crippen LogP contribution in [0.5, 0.6) is 0 Å². The summed E-state index contributed by atoms with van der Waals surface area (Å²) in [7, 11) is -2.92. The Morgan fingerprint density at radius 1 is 0.588 bits per heavy atom. The van der Waals surface area contributed by atoms with Crippen LogP contribution in [0.4, 0.5) is 57.1 Å². The second-order valence-corrected chi connectivity index (χ2v) is 14.8. The smallest absolute Gasteiger partial charge is 0.379 e. The molecule has 0 bridgehead atoms. The lowest BCUT2D eigenvalue weighted by atomic mass is 9.91. The van der Waals surface area contributed by atoms with Crippen LogP contribution in [-0.2, 0) is 5.92 Å². The number of aromatic nitrogens is 1. The molecule has 34 heavy (non-hydrogen) atoms. The Bertz CT molecular complexity index is 831. The first-order chi connectivity index (χ1) is 14.8. The third kappa shape index (κ3) is 3.93. The predicted molar refractivity (Wildman–Crippen MR) is 101 cm³/mol. The van der Waals surface area contributed by atoms with Crippen molar-refractivity contribution >= 4 is 8.24 Å². The summed E-state index contributed by atoms with van der Waals surface area (Å²) in [4.78, 5) is 0. The molecule has 200 valence electrons. The van der Waals surface area contributed by atoms with E-state index in [1.807, 2.05) is 0 Å². The zero-order chi connectivity index (χ0) is 27.5. The summed E-state index contributed by atoms with van der Waals surface area (Å²) in [5.41, 5.74) is -2.60.